The molecule has 2 aliphatic rings. The van der Waals surface area contributed by atoms with Crippen molar-refractivity contribution < 1.29 is 4.79 Å². The first kappa shape index (κ1) is 11.0. The molecule has 1 aromatic carbocycles. The summed E-state index contributed by atoms with van der Waals surface area (Å²) in [5.74, 6) is 2.67. The number of fused-ring (bicyclic) bond motifs is 1. The molecule has 2 aliphatic carbocycles. The van der Waals surface area contributed by atoms with Gasteiger partial charge in [0.2, 0.25) is 0 Å². The van der Waals surface area contributed by atoms with Gasteiger partial charge in [0.05, 0.1) is 0 Å². The molecular weight excluding hydrogens is 208 g/mol. The molecule has 1 nitrogen and oxygen atoms in total. The molecule has 2 unspecified atom stereocenters. The zero-order valence-corrected chi connectivity index (χ0v) is 10.5. The Morgan fingerprint density at radius 3 is 2.24 bits per heavy atom. The molecule has 2 atom stereocenters. The molecule has 0 aliphatic heterocycles. The fourth-order valence-corrected chi connectivity index (χ4v) is 3.22. The van der Waals surface area contributed by atoms with Crippen LogP contribution in [-0.4, -0.2) is 5.78 Å². The molecule has 0 aromatic heterocycles. The molecule has 0 bridgehead atoms. The third-order valence-electron chi connectivity index (χ3n) is 4.51. The average Bonchev–Trinajstić information content (AvgIpc) is 2.97. The molecule has 1 aromatic rings. The monoisotopic (exact) mass is 228 g/mol. The van der Waals surface area contributed by atoms with Gasteiger partial charge >= 0.3 is 0 Å². The Balaban J connectivity index is 1.59. The average molecular weight is 228 g/mol. The molecule has 0 saturated heterocycles. The third-order valence-corrected chi connectivity index (χ3v) is 4.51. The Morgan fingerprint density at radius 2 is 1.65 bits per heavy atom. The molecule has 17 heavy (non-hydrogen) atoms. The zero-order valence-electron chi connectivity index (χ0n) is 10.5. The number of rotatable bonds is 4. The first-order valence-corrected chi connectivity index (χ1v) is 6.86. The van der Waals surface area contributed by atoms with Crippen LogP contribution >= 0.6 is 0 Å². The molecule has 0 amide bonds. The van der Waals surface area contributed by atoms with Crippen molar-refractivity contribution >= 4 is 5.78 Å². The largest absolute Gasteiger partial charge is 0.299 e. The van der Waals surface area contributed by atoms with Crippen LogP contribution in [0.25, 0.3) is 0 Å². The van der Waals surface area contributed by atoms with Crippen molar-refractivity contribution in [3.63, 3.8) is 0 Å². The van der Waals surface area contributed by atoms with Gasteiger partial charge in [-0.05, 0) is 48.6 Å². The number of carbonyl (C=O) groups excluding carboxylic acids is 1. The number of benzene rings is 1. The van der Waals surface area contributed by atoms with E-state index in [9.17, 15) is 4.79 Å². The van der Waals surface area contributed by atoms with E-state index in [4.69, 9.17) is 0 Å². The van der Waals surface area contributed by atoms with Gasteiger partial charge in [-0.15, -0.1) is 0 Å². The Hall–Kier alpha value is -1.11. The Kier molecular flexibility index (Phi) is 2.78. The normalized spacial score (nSPS) is 30.1. The summed E-state index contributed by atoms with van der Waals surface area (Å²) >= 11 is 0. The van der Waals surface area contributed by atoms with Crippen LogP contribution in [0.4, 0.5) is 0 Å². The van der Waals surface area contributed by atoms with Crippen LogP contribution < -0.4 is 0 Å². The van der Waals surface area contributed by atoms with Crippen LogP contribution in [0, 0.1) is 17.8 Å². The second kappa shape index (κ2) is 4.29. The standard InChI is InChI=1S/C16H20O/c1-2-11-3-5-12(6-4-11)7-16(17)15-9-13-8-14(13)10-15/h3-6,13-15H,2,7-10H2,1H3. The lowest BCUT2D eigenvalue weighted by Gasteiger charge is -2.10. The predicted octanol–water partition coefficient (Wildman–Crippen LogP) is 3.41. The highest BCUT2D eigenvalue weighted by atomic mass is 16.1. The number of carbonyl (C=O) groups is 1. The second-order valence-electron chi connectivity index (χ2n) is 5.74. The molecule has 3 rings (SSSR count). The first-order valence-electron chi connectivity index (χ1n) is 6.86. The summed E-state index contributed by atoms with van der Waals surface area (Å²) in [6, 6.07) is 8.53. The van der Waals surface area contributed by atoms with Crippen LogP contribution in [0.5, 0.6) is 0 Å². The summed E-state index contributed by atoms with van der Waals surface area (Å²) in [5, 5.41) is 0. The first-order chi connectivity index (χ1) is 8.26. The second-order valence-corrected chi connectivity index (χ2v) is 5.74. The maximum absolute atomic E-state index is 12.1. The maximum Gasteiger partial charge on any atom is 0.140 e. The molecule has 0 radical (unpaired) electrons. The van der Waals surface area contributed by atoms with Crippen molar-refractivity contribution in [3.05, 3.63) is 35.4 Å². The molecule has 0 N–H and O–H groups in total. The van der Waals surface area contributed by atoms with Crippen LogP contribution in [0.15, 0.2) is 24.3 Å². The molecule has 0 spiro atoms. The minimum absolute atomic E-state index is 0.379. The Labute approximate surface area is 103 Å². The number of ketones is 1. The van der Waals surface area contributed by atoms with Gasteiger partial charge < -0.3 is 0 Å². The lowest BCUT2D eigenvalue weighted by Crippen LogP contribution is -2.15. The lowest BCUT2D eigenvalue weighted by molar-refractivity contribution is -0.122. The molecule has 90 valence electrons. The molecular formula is C16H20O. The topological polar surface area (TPSA) is 17.1 Å². The molecule has 2 fully saturated rings. The van der Waals surface area contributed by atoms with E-state index in [1.807, 2.05) is 0 Å². The minimum Gasteiger partial charge on any atom is -0.299 e. The van der Waals surface area contributed by atoms with Crippen molar-refractivity contribution in [1.29, 1.82) is 0 Å². The number of hydrogen-bond donors (Lipinski definition) is 0. The smallest absolute Gasteiger partial charge is 0.140 e. The lowest BCUT2D eigenvalue weighted by atomic mass is 9.93. The van der Waals surface area contributed by atoms with Gasteiger partial charge in [0.15, 0.2) is 0 Å². The fourth-order valence-electron chi connectivity index (χ4n) is 3.22. The SMILES string of the molecule is CCc1ccc(CC(=O)C2CC3CC3C2)cc1. The highest BCUT2D eigenvalue weighted by Gasteiger charge is 2.47. The van der Waals surface area contributed by atoms with E-state index in [1.165, 1.54) is 30.4 Å². The van der Waals surface area contributed by atoms with E-state index in [0.717, 1.165) is 18.3 Å². The Morgan fingerprint density at radius 1 is 1.06 bits per heavy atom. The predicted molar refractivity (Wildman–Crippen MR) is 68.9 cm³/mol. The van der Waals surface area contributed by atoms with Gasteiger partial charge in [0.1, 0.15) is 5.78 Å². The van der Waals surface area contributed by atoms with Gasteiger partial charge in [-0.2, -0.15) is 0 Å². The van der Waals surface area contributed by atoms with Crippen molar-refractivity contribution in [3.8, 4) is 0 Å². The van der Waals surface area contributed by atoms with Gasteiger partial charge in [-0.25, -0.2) is 0 Å². The van der Waals surface area contributed by atoms with Gasteiger partial charge in [0.25, 0.3) is 0 Å². The van der Waals surface area contributed by atoms with Crippen LogP contribution in [-0.2, 0) is 17.6 Å². The summed E-state index contributed by atoms with van der Waals surface area (Å²) in [5.41, 5.74) is 2.54. The summed E-state index contributed by atoms with van der Waals surface area (Å²) in [6.45, 7) is 2.16. The number of hydrogen-bond acceptors (Lipinski definition) is 1. The quantitative estimate of drug-likeness (QED) is 0.772. The van der Waals surface area contributed by atoms with Crippen molar-refractivity contribution in [2.75, 3.05) is 0 Å². The highest BCUT2D eigenvalue weighted by molar-refractivity contribution is 5.83. The summed E-state index contributed by atoms with van der Waals surface area (Å²) in [7, 11) is 0. The van der Waals surface area contributed by atoms with E-state index in [0.29, 0.717) is 18.1 Å². The number of Topliss-reactive ketones (excluding diaryl/α,β-unsaturated/α-hetero) is 1. The van der Waals surface area contributed by atoms with Crippen LogP contribution in [0.2, 0.25) is 0 Å². The van der Waals surface area contributed by atoms with E-state index >= 15 is 0 Å². The highest BCUT2D eigenvalue weighted by Crippen LogP contribution is 2.54. The molecule has 1 heteroatoms. The number of aryl methyl sites for hydroxylation is 1. The summed E-state index contributed by atoms with van der Waals surface area (Å²) in [6.07, 6.45) is 5.47. The van der Waals surface area contributed by atoms with Crippen molar-refractivity contribution in [2.24, 2.45) is 17.8 Å². The Bertz CT molecular complexity index is 408. The summed E-state index contributed by atoms with van der Waals surface area (Å²) in [4.78, 5) is 12.1. The van der Waals surface area contributed by atoms with Crippen molar-refractivity contribution in [2.45, 2.75) is 39.0 Å². The molecule has 2 saturated carbocycles. The fraction of sp³-hybridized carbons (Fsp3) is 0.562. The zero-order chi connectivity index (χ0) is 11.8. The minimum atomic E-state index is 0.379. The third kappa shape index (κ3) is 2.29. The van der Waals surface area contributed by atoms with Gasteiger partial charge in [0, 0.05) is 12.3 Å². The van der Waals surface area contributed by atoms with Gasteiger partial charge in [-0.1, -0.05) is 31.2 Å². The van der Waals surface area contributed by atoms with Crippen LogP contribution in [0.1, 0.15) is 37.3 Å². The molecule has 0 heterocycles. The van der Waals surface area contributed by atoms with E-state index in [2.05, 4.69) is 31.2 Å². The van der Waals surface area contributed by atoms with Gasteiger partial charge in [-0.3, -0.25) is 4.79 Å². The maximum atomic E-state index is 12.1. The summed E-state index contributed by atoms with van der Waals surface area (Å²) < 4.78 is 0. The van der Waals surface area contributed by atoms with Crippen molar-refractivity contribution in [1.82, 2.24) is 0 Å². The van der Waals surface area contributed by atoms with Crippen LogP contribution in [0.3, 0.4) is 0 Å². The van der Waals surface area contributed by atoms with E-state index in [-0.39, 0.29) is 0 Å². The van der Waals surface area contributed by atoms with E-state index < -0.39 is 0 Å². The van der Waals surface area contributed by atoms with E-state index in [1.54, 1.807) is 0 Å².